The van der Waals surface area contributed by atoms with Crippen LogP contribution in [0.3, 0.4) is 0 Å². The number of hydrogen-bond acceptors (Lipinski definition) is 10. The van der Waals surface area contributed by atoms with Gasteiger partial charge in [0, 0.05) is 35.3 Å². The van der Waals surface area contributed by atoms with E-state index in [0.29, 0.717) is 22.3 Å². The SMILES string of the molecule is COc1ccc(CN(C(=O)OC(C)(C)C)c2ncc(-c3cnn(C(CC4CC4)c4ccc(-c5c(-n6cnnn6)ccc(Cl)c5F)cn4)c3)s2)cc1. The van der Waals surface area contributed by atoms with E-state index in [0.717, 1.165) is 46.7 Å². The molecule has 0 saturated heterocycles. The highest BCUT2D eigenvalue weighted by Gasteiger charge is 2.30. The molecule has 4 heterocycles. The number of rotatable bonds is 11. The number of amides is 1. The minimum absolute atomic E-state index is 0.0113. The lowest BCUT2D eigenvalue weighted by Gasteiger charge is -2.26. The third-order valence-electron chi connectivity index (χ3n) is 8.38. The molecule has 1 aliphatic carbocycles. The van der Waals surface area contributed by atoms with Crippen LogP contribution in [-0.2, 0) is 11.3 Å². The number of carbonyl (C=O) groups is 1. The number of nitrogens with zero attached hydrogens (tertiary/aromatic N) is 9. The number of pyridine rings is 1. The van der Waals surface area contributed by atoms with Crippen molar-refractivity contribution in [3.05, 3.63) is 102 Å². The standard InChI is InChI=1S/C36H35ClFN9O3S/c1-36(2,3)50-35(48)45(19-23-7-10-26(49-4)11-8-23)34-40-18-31(51-34)25-17-42-46(20-25)30(15-22-5-6-22)28-13-9-24(16-39-28)32-29(47-21-41-43-44-47)14-12-27(37)33(32)38/h7-14,16-18,20-22,30H,5-6,15,19H2,1-4H3. The average Bonchev–Trinajstić information content (AvgIpc) is 3.50. The predicted octanol–water partition coefficient (Wildman–Crippen LogP) is 8.18. The summed E-state index contributed by atoms with van der Waals surface area (Å²) in [6, 6.07) is 14.3. The van der Waals surface area contributed by atoms with E-state index in [4.69, 9.17) is 31.2 Å². The number of tetrazole rings is 1. The Balaban J connectivity index is 1.16. The first-order chi connectivity index (χ1) is 24.6. The molecule has 6 aromatic rings. The molecular formula is C36H35ClFN9O3S. The summed E-state index contributed by atoms with van der Waals surface area (Å²) >= 11 is 7.56. The van der Waals surface area contributed by atoms with Crippen LogP contribution in [0.2, 0.25) is 5.02 Å². The molecule has 1 fully saturated rings. The highest BCUT2D eigenvalue weighted by Crippen LogP contribution is 2.41. The minimum Gasteiger partial charge on any atom is -0.497 e. The van der Waals surface area contributed by atoms with E-state index in [2.05, 4.69) is 20.5 Å². The van der Waals surface area contributed by atoms with Crippen LogP contribution in [0.15, 0.2) is 79.6 Å². The van der Waals surface area contributed by atoms with Crippen LogP contribution in [0, 0.1) is 11.7 Å². The van der Waals surface area contributed by atoms with E-state index in [-0.39, 0.29) is 23.2 Å². The fraction of sp³-hybridized carbons (Fsp3) is 0.306. The van der Waals surface area contributed by atoms with Crippen LogP contribution in [0.25, 0.3) is 27.3 Å². The van der Waals surface area contributed by atoms with Crippen molar-refractivity contribution in [1.82, 2.24) is 40.0 Å². The van der Waals surface area contributed by atoms with Gasteiger partial charge in [0.25, 0.3) is 0 Å². The molecule has 0 aliphatic heterocycles. The van der Waals surface area contributed by atoms with Crippen molar-refractivity contribution in [3.8, 4) is 33.0 Å². The Hall–Kier alpha value is -5.21. The zero-order chi connectivity index (χ0) is 35.7. The minimum atomic E-state index is -0.682. The molecule has 4 aromatic heterocycles. The molecule has 0 radical (unpaired) electrons. The predicted molar refractivity (Wildman–Crippen MR) is 192 cm³/mol. The molecule has 2 aromatic carbocycles. The van der Waals surface area contributed by atoms with E-state index in [1.165, 1.54) is 28.4 Å². The van der Waals surface area contributed by atoms with Crippen LogP contribution in [0.4, 0.5) is 14.3 Å². The molecule has 1 saturated carbocycles. The maximum absolute atomic E-state index is 15.4. The summed E-state index contributed by atoms with van der Waals surface area (Å²) in [6.07, 6.45) is 11.2. The van der Waals surface area contributed by atoms with Gasteiger partial charge in [-0.25, -0.2) is 19.1 Å². The first-order valence-corrected chi connectivity index (χ1v) is 17.6. The molecule has 0 N–H and O–H groups in total. The van der Waals surface area contributed by atoms with Crippen molar-refractivity contribution in [3.63, 3.8) is 0 Å². The molecule has 262 valence electrons. The second-order valence-electron chi connectivity index (χ2n) is 13.3. The first kappa shape index (κ1) is 34.2. The van der Waals surface area contributed by atoms with Crippen molar-refractivity contribution >= 4 is 34.2 Å². The Bertz CT molecular complexity index is 2130. The van der Waals surface area contributed by atoms with Gasteiger partial charge in [0.15, 0.2) is 10.9 Å². The number of ether oxygens (including phenoxy) is 2. The fourth-order valence-corrected chi connectivity index (χ4v) is 6.70. The largest absolute Gasteiger partial charge is 0.497 e. The number of methoxy groups -OCH3 is 1. The zero-order valence-corrected chi connectivity index (χ0v) is 30.0. The smallest absolute Gasteiger partial charge is 0.416 e. The highest BCUT2D eigenvalue weighted by atomic mass is 35.5. The van der Waals surface area contributed by atoms with Crippen molar-refractivity contribution in [2.24, 2.45) is 5.92 Å². The summed E-state index contributed by atoms with van der Waals surface area (Å²) in [5.41, 5.74) is 3.11. The lowest BCUT2D eigenvalue weighted by Crippen LogP contribution is -2.36. The van der Waals surface area contributed by atoms with E-state index in [1.807, 2.05) is 68.0 Å². The summed E-state index contributed by atoms with van der Waals surface area (Å²) in [6.45, 7) is 5.78. The zero-order valence-electron chi connectivity index (χ0n) is 28.4. The highest BCUT2D eigenvalue weighted by molar-refractivity contribution is 7.19. The molecule has 0 bridgehead atoms. The van der Waals surface area contributed by atoms with Gasteiger partial charge in [0.05, 0.1) is 47.2 Å². The number of benzene rings is 2. The van der Waals surface area contributed by atoms with Crippen molar-refractivity contribution in [1.29, 1.82) is 0 Å². The molecule has 12 nitrogen and oxygen atoms in total. The molecule has 7 rings (SSSR count). The van der Waals surface area contributed by atoms with Crippen LogP contribution >= 0.6 is 22.9 Å². The average molecular weight is 728 g/mol. The van der Waals surface area contributed by atoms with Crippen molar-refractivity contribution in [2.75, 3.05) is 12.0 Å². The molecule has 1 unspecified atom stereocenters. The number of halogens is 2. The normalized spacial score (nSPS) is 13.6. The Labute approximate surface area is 302 Å². The van der Waals surface area contributed by atoms with Crippen molar-refractivity contribution in [2.45, 2.75) is 58.2 Å². The van der Waals surface area contributed by atoms with Crippen LogP contribution in [-0.4, -0.2) is 58.8 Å². The molecule has 1 atom stereocenters. The Kier molecular flexibility index (Phi) is 9.53. The number of thiazole rings is 1. The third kappa shape index (κ3) is 7.76. The Morgan fingerprint density at radius 2 is 1.86 bits per heavy atom. The monoisotopic (exact) mass is 727 g/mol. The molecule has 1 amide bonds. The van der Waals surface area contributed by atoms with Crippen LogP contribution < -0.4 is 9.64 Å². The second kappa shape index (κ2) is 14.2. The Morgan fingerprint density at radius 1 is 1.06 bits per heavy atom. The fourth-order valence-electron chi connectivity index (χ4n) is 5.66. The van der Waals surface area contributed by atoms with Gasteiger partial charge in [-0.2, -0.15) is 9.78 Å². The third-order valence-corrected chi connectivity index (χ3v) is 9.74. The molecule has 1 aliphatic rings. The molecule has 51 heavy (non-hydrogen) atoms. The van der Waals surface area contributed by atoms with E-state index < -0.39 is 17.5 Å². The molecule has 15 heteroatoms. The van der Waals surface area contributed by atoms with E-state index >= 15 is 4.39 Å². The molecule has 0 spiro atoms. The van der Waals surface area contributed by atoms with Gasteiger partial charge in [-0.1, -0.05) is 54.0 Å². The van der Waals surface area contributed by atoms with Gasteiger partial charge < -0.3 is 9.47 Å². The second-order valence-corrected chi connectivity index (χ2v) is 14.7. The van der Waals surface area contributed by atoms with Gasteiger partial charge in [-0.3, -0.25) is 9.67 Å². The van der Waals surface area contributed by atoms with E-state index in [9.17, 15) is 4.79 Å². The van der Waals surface area contributed by atoms with Crippen LogP contribution in [0.1, 0.15) is 57.3 Å². The van der Waals surface area contributed by atoms with Gasteiger partial charge in [-0.15, -0.1) is 5.10 Å². The first-order valence-electron chi connectivity index (χ1n) is 16.4. The van der Waals surface area contributed by atoms with Crippen LogP contribution in [0.5, 0.6) is 5.75 Å². The quantitative estimate of drug-likeness (QED) is 0.130. The van der Waals surface area contributed by atoms with E-state index in [1.54, 1.807) is 36.7 Å². The van der Waals surface area contributed by atoms with Crippen molar-refractivity contribution < 1.29 is 18.7 Å². The molecular weight excluding hydrogens is 693 g/mol. The topological polar surface area (TPSA) is 126 Å². The maximum atomic E-state index is 15.4. The summed E-state index contributed by atoms with van der Waals surface area (Å²) in [7, 11) is 1.61. The number of carbonyl (C=O) groups excluding carboxylic acids is 1. The summed E-state index contributed by atoms with van der Waals surface area (Å²) in [5, 5.41) is 16.6. The maximum Gasteiger partial charge on any atom is 0.416 e. The van der Waals surface area contributed by atoms with Gasteiger partial charge in [-0.05, 0) is 79.4 Å². The number of aromatic nitrogens is 8. The van der Waals surface area contributed by atoms with Gasteiger partial charge in [0.1, 0.15) is 17.7 Å². The summed E-state index contributed by atoms with van der Waals surface area (Å²) in [5.74, 6) is 0.715. The summed E-state index contributed by atoms with van der Waals surface area (Å²) in [4.78, 5) is 25.2. The summed E-state index contributed by atoms with van der Waals surface area (Å²) < 4.78 is 29.8. The lowest BCUT2D eigenvalue weighted by molar-refractivity contribution is 0.0577. The van der Waals surface area contributed by atoms with Gasteiger partial charge in [0.2, 0.25) is 0 Å². The van der Waals surface area contributed by atoms with Gasteiger partial charge >= 0.3 is 6.09 Å². The number of anilines is 1. The lowest BCUT2D eigenvalue weighted by atomic mass is 10.0. The number of hydrogen-bond donors (Lipinski definition) is 0. The Morgan fingerprint density at radius 3 is 2.53 bits per heavy atom.